The van der Waals surface area contributed by atoms with E-state index in [4.69, 9.17) is 16.7 Å². The number of ether oxygens (including phenoxy) is 1. The first kappa shape index (κ1) is 14.0. The van der Waals surface area contributed by atoms with E-state index >= 15 is 0 Å². The van der Waals surface area contributed by atoms with Gasteiger partial charge in [0.15, 0.2) is 5.78 Å². The SMILES string of the molecule is [2H]c1c([2H])c([2H])c2c(c1[2H])c(C(=O)c1ccc(OC)c3ccccc13)c([2H])n2CCCCCO. The van der Waals surface area contributed by atoms with Crippen LogP contribution in [0.1, 0.15) is 42.0 Å². The third kappa shape index (κ3) is 3.64. The number of aryl methyl sites for hydroxylation is 1. The fourth-order valence-corrected chi connectivity index (χ4v) is 3.61. The molecule has 3 aromatic carbocycles. The molecule has 4 rings (SSSR count). The van der Waals surface area contributed by atoms with Gasteiger partial charge in [-0.25, -0.2) is 0 Å². The number of carbonyl (C=O) groups excluding carboxylic acids is 1. The molecule has 1 aromatic heterocycles. The third-order valence-corrected chi connectivity index (χ3v) is 5.05. The number of unbranched alkanes of at least 4 members (excludes halogenated alkanes) is 2. The second-order valence-electron chi connectivity index (χ2n) is 6.84. The second kappa shape index (κ2) is 8.50. The van der Waals surface area contributed by atoms with Crippen molar-refractivity contribution < 1.29 is 21.5 Å². The van der Waals surface area contributed by atoms with Gasteiger partial charge in [0.2, 0.25) is 0 Å². The standard InChI is InChI=1S/C25H25NO3/c1-29-24-14-13-21(18-9-3-4-11-20(18)24)25(28)22-17-26(15-7-2-8-16-27)23-12-6-5-10-19(22)23/h3-6,9-14,17,27H,2,7-8,15-16H2,1H3/i5D,6D,10D,12D,17D. The van der Waals surface area contributed by atoms with E-state index in [1.807, 2.05) is 12.1 Å². The molecular formula is C25H25NO3. The van der Waals surface area contributed by atoms with Crippen molar-refractivity contribution in [2.24, 2.45) is 0 Å². The quantitative estimate of drug-likeness (QED) is 0.331. The molecule has 0 spiro atoms. The summed E-state index contributed by atoms with van der Waals surface area (Å²) in [5, 5.41) is 10.5. The summed E-state index contributed by atoms with van der Waals surface area (Å²) in [6.07, 6.45) is 1.73. The Morgan fingerprint density at radius 1 is 1.00 bits per heavy atom. The first-order valence-corrected chi connectivity index (χ1v) is 9.63. The van der Waals surface area contributed by atoms with Crippen molar-refractivity contribution in [1.29, 1.82) is 0 Å². The maximum absolute atomic E-state index is 13.9. The fourth-order valence-electron chi connectivity index (χ4n) is 3.61. The van der Waals surface area contributed by atoms with E-state index in [9.17, 15) is 4.79 Å². The lowest BCUT2D eigenvalue weighted by atomic mass is 9.96. The first-order valence-electron chi connectivity index (χ1n) is 12.1. The molecule has 0 aliphatic carbocycles. The molecule has 0 unspecified atom stereocenters. The summed E-state index contributed by atoms with van der Waals surface area (Å²) in [5.74, 6) is 0.125. The Kier molecular flexibility index (Phi) is 4.09. The first-order chi connectivity index (χ1) is 16.3. The van der Waals surface area contributed by atoms with Gasteiger partial charge in [-0.15, -0.1) is 0 Å². The van der Waals surface area contributed by atoms with Crippen LogP contribution in [-0.2, 0) is 6.54 Å². The molecule has 0 bridgehead atoms. The summed E-state index contributed by atoms with van der Waals surface area (Å²) in [4.78, 5) is 13.9. The number of nitrogens with zero attached hydrogens (tertiary/aromatic N) is 1. The van der Waals surface area contributed by atoms with Crippen molar-refractivity contribution in [2.75, 3.05) is 13.7 Å². The van der Waals surface area contributed by atoms with Crippen LogP contribution in [0.4, 0.5) is 0 Å². The molecule has 29 heavy (non-hydrogen) atoms. The summed E-state index contributed by atoms with van der Waals surface area (Å²) in [7, 11) is 1.55. The van der Waals surface area contributed by atoms with Crippen molar-refractivity contribution in [2.45, 2.75) is 25.8 Å². The van der Waals surface area contributed by atoms with Gasteiger partial charge in [-0.2, -0.15) is 0 Å². The zero-order valence-electron chi connectivity index (χ0n) is 21.2. The zero-order chi connectivity index (χ0) is 24.6. The summed E-state index contributed by atoms with van der Waals surface area (Å²) >= 11 is 0. The molecular weight excluding hydrogens is 362 g/mol. The molecule has 0 atom stereocenters. The molecule has 0 saturated heterocycles. The Labute approximate surface area is 177 Å². The minimum atomic E-state index is -0.479. The topological polar surface area (TPSA) is 51.5 Å². The van der Waals surface area contributed by atoms with Crippen LogP contribution < -0.4 is 4.74 Å². The Hall–Kier alpha value is -3.11. The number of methoxy groups -OCH3 is 1. The number of para-hydroxylation sites is 1. The average Bonchev–Trinajstić information content (AvgIpc) is 3.15. The van der Waals surface area contributed by atoms with Gasteiger partial charge in [-0.1, -0.05) is 42.4 Å². The van der Waals surface area contributed by atoms with Gasteiger partial charge in [-0.05, 0) is 42.8 Å². The lowest BCUT2D eigenvalue weighted by Gasteiger charge is -2.09. The van der Waals surface area contributed by atoms with E-state index in [0.717, 1.165) is 5.39 Å². The molecule has 1 heterocycles. The van der Waals surface area contributed by atoms with E-state index in [-0.39, 0.29) is 41.3 Å². The van der Waals surface area contributed by atoms with Crippen LogP contribution in [0, 0.1) is 0 Å². The highest BCUT2D eigenvalue weighted by Crippen LogP contribution is 2.31. The minimum Gasteiger partial charge on any atom is -0.496 e. The van der Waals surface area contributed by atoms with Crippen molar-refractivity contribution >= 4 is 27.5 Å². The van der Waals surface area contributed by atoms with Crippen molar-refractivity contribution in [3.05, 3.63) is 77.9 Å². The minimum absolute atomic E-state index is 0.0421. The van der Waals surface area contributed by atoms with E-state index in [1.165, 1.54) is 4.57 Å². The fraction of sp³-hybridized carbons (Fsp3) is 0.240. The zero-order valence-corrected chi connectivity index (χ0v) is 16.2. The number of rotatable bonds is 8. The highest BCUT2D eigenvalue weighted by molar-refractivity contribution is 6.21. The lowest BCUT2D eigenvalue weighted by Crippen LogP contribution is -2.03. The van der Waals surface area contributed by atoms with E-state index in [1.54, 1.807) is 31.4 Å². The predicted octanol–water partition coefficient (Wildman–Crippen LogP) is 5.20. The molecule has 4 aromatic rings. The summed E-state index contributed by atoms with van der Waals surface area (Å²) < 4.78 is 49.0. The van der Waals surface area contributed by atoms with Crippen LogP contribution in [-0.4, -0.2) is 29.2 Å². The predicted molar refractivity (Wildman–Crippen MR) is 117 cm³/mol. The van der Waals surface area contributed by atoms with Crippen LogP contribution in [0.15, 0.2) is 66.7 Å². The molecule has 4 nitrogen and oxygen atoms in total. The van der Waals surface area contributed by atoms with Gasteiger partial charge in [0.25, 0.3) is 0 Å². The number of ketones is 1. The normalized spacial score (nSPS) is 13.7. The third-order valence-electron chi connectivity index (χ3n) is 5.05. The van der Waals surface area contributed by atoms with Gasteiger partial charge >= 0.3 is 0 Å². The number of carbonyl (C=O) groups is 1. The molecule has 0 radical (unpaired) electrons. The van der Waals surface area contributed by atoms with E-state index < -0.39 is 17.9 Å². The number of aliphatic hydroxyl groups is 1. The maximum Gasteiger partial charge on any atom is 0.195 e. The van der Waals surface area contributed by atoms with Crippen molar-refractivity contribution in [1.82, 2.24) is 4.57 Å². The largest absolute Gasteiger partial charge is 0.496 e. The number of hydrogen-bond donors (Lipinski definition) is 1. The Balaban J connectivity index is 1.99. The van der Waals surface area contributed by atoms with Crippen LogP contribution >= 0.6 is 0 Å². The lowest BCUT2D eigenvalue weighted by molar-refractivity contribution is 0.104. The summed E-state index contributed by atoms with van der Waals surface area (Å²) in [6.45, 7) is 0.349. The second-order valence-corrected chi connectivity index (χ2v) is 6.84. The number of hydrogen-bond acceptors (Lipinski definition) is 3. The molecule has 0 saturated carbocycles. The van der Waals surface area contributed by atoms with Gasteiger partial charge in [0.1, 0.15) is 5.75 Å². The summed E-state index contributed by atoms with van der Waals surface area (Å²) in [5.41, 5.74) is 0.442. The van der Waals surface area contributed by atoms with Gasteiger partial charge in [-0.3, -0.25) is 4.79 Å². The molecule has 1 N–H and O–H groups in total. The van der Waals surface area contributed by atoms with Crippen LogP contribution in [0.2, 0.25) is 0 Å². The Morgan fingerprint density at radius 2 is 1.79 bits per heavy atom. The van der Waals surface area contributed by atoms with E-state index in [0.29, 0.717) is 42.5 Å². The van der Waals surface area contributed by atoms with Gasteiger partial charge < -0.3 is 14.4 Å². The van der Waals surface area contributed by atoms with Crippen molar-refractivity contribution in [3.63, 3.8) is 0 Å². The van der Waals surface area contributed by atoms with Crippen molar-refractivity contribution in [3.8, 4) is 5.75 Å². The van der Waals surface area contributed by atoms with Crippen LogP contribution in [0.25, 0.3) is 21.7 Å². The maximum atomic E-state index is 13.9. The molecule has 4 heteroatoms. The number of aliphatic hydroxyl groups excluding tert-OH is 1. The Morgan fingerprint density at radius 3 is 2.59 bits per heavy atom. The number of aromatic nitrogens is 1. The monoisotopic (exact) mass is 392 g/mol. The molecule has 0 fully saturated rings. The molecule has 0 aliphatic heterocycles. The average molecular weight is 393 g/mol. The molecule has 148 valence electrons. The van der Waals surface area contributed by atoms with Gasteiger partial charge in [0.05, 0.1) is 14.0 Å². The smallest absolute Gasteiger partial charge is 0.195 e. The van der Waals surface area contributed by atoms with Gasteiger partial charge in [0, 0.05) is 46.7 Å². The van der Waals surface area contributed by atoms with Crippen LogP contribution in [0.3, 0.4) is 0 Å². The summed E-state index contributed by atoms with van der Waals surface area (Å²) in [6, 6.07) is 9.12. The highest BCUT2D eigenvalue weighted by Gasteiger charge is 2.19. The number of benzene rings is 3. The Bertz CT molecular complexity index is 1410. The highest BCUT2D eigenvalue weighted by atomic mass is 16.5. The molecule has 0 aliphatic rings. The number of fused-ring (bicyclic) bond motifs is 2. The van der Waals surface area contributed by atoms with E-state index in [2.05, 4.69) is 0 Å². The molecule has 0 amide bonds. The van der Waals surface area contributed by atoms with Crippen LogP contribution in [0.5, 0.6) is 5.75 Å².